The molecule has 6 heteroatoms. The molecule has 3 nitrogen and oxygen atoms in total. The van der Waals surface area contributed by atoms with E-state index in [4.69, 9.17) is 11.6 Å². The van der Waals surface area contributed by atoms with Gasteiger partial charge in [-0.1, -0.05) is 29.8 Å². The summed E-state index contributed by atoms with van der Waals surface area (Å²) in [5, 5.41) is 10.3. The number of hydrogen-bond donors (Lipinski definition) is 0. The summed E-state index contributed by atoms with van der Waals surface area (Å²) in [6.45, 7) is 9.26. The number of aromatic nitrogens is 2. The number of fused-ring (bicyclic) bond motifs is 1. The second-order valence-corrected chi connectivity index (χ2v) is 8.09. The van der Waals surface area contributed by atoms with Gasteiger partial charge in [-0.15, -0.1) is 6.58 Å². The Bertz CT molecular complexity index is 1080. The maximum atomic E-state index is 15.0. The molecule has 3 rings (SSSR count). The Morgan fingerprint density at radius 2 is 1.89 bits per heavy atom. The van der Waals surface area contributed by atoms with Gasteiger partial charge in [0.1, 0.15) is 11.7 Å². The van der Waals surface area contributed by atoms with Gasteiger partial charge in [0.2, 0.25) is 0 Å². The summed E-state index contributed by atoms with van der Waals surface area (Å²) in [5.74, 6) is -3.18. The highest BCUT2D eigenvalue weighted by atomic mass is 35.5. The summed E-state index contributed by atoms with van der Waals surface area (Å²) in [6, 6.07) is 10.3. The fourth-order valence-electron chi connectivity index (χ4n) is 3.17. The zero-order valence-corrected chi connectivity index (χ0v) is 16.7. The molecule has 0 bridgehead atoms. The molecule has 2 aromatic heterocycles. The Morgan fingerprint density at radius 1 is 1.25 bits per heavy atom. The van der Waals surface area contributed by atoms with E-state index in [9.17, 15) is 5.26 Å². The second-order valence-electron chi connectivity index (χ2n) is 7.65. The van der Waals surface area contributed by atoms with Gasteiger partial charge in [0.05, 0.1) is 11.3 Å². The SMILES string of the molecule is C=CCC(F)(F)c1cc(-c2ccc(Cl)cc2)nc2c1c(C#N)cn2C(C)(C)C. The third-order valence-corrected chi connectivity index (χ3v) is 4.79. The van der Waals surface area contributed by atoms with E-state index in [0.717, 1.165) is 0 Å². The van der Waals surface area contributed by atoms with Crippen LogP contribution in [-0.2, 0) is 11.5 Å². The number of allylic oxidation sites excluding steroid dienone is 1. The Morgan fingerprint density at radius 3 is 2.43 bits per heavy atom. The number of rotatable bonds is 4. The Balaban J connectivity index is 2.44. The lowest BCUT2D eigenvalue weighted by Crippen LogP contribution is -2.21. The minimum absolute atomic E-state index is 0.179. The molecule has 2 heterocycles. The average molecular weight is 400 g/mol. The normalized spacial score (nSPS) is 12.2. The molecule has 0 unspecified atom stereocenters. The van der Waals surface area contributed by atoms with E-state index < -0.39 is 17.9 Å². The van der Waals surface area contributed by atoms with Crippen LogP contribution < -0.4 is 0 Å². The van der Waals surface area contributed by atoms with E-state index in [1.165, 1.54) is 12.1 Å². The second kappa shape index (κ2) is 7.03. The van der Waals surface area contributed by atoms with Gasteiger partial charge in [-0.05, 0) is 39.0 Å². The first kappa shape index (κ1) is 20.0. The Hall–Kier alpha value is -2.71. The van der Waals surface area contributed by atoms with Crippen molar-refractivity contribution in [2.45, 2.75) is 38.7 Å². The molecule has 0 radical (unpaired) electrons. The van der Waals surface area contributed by atoms with Gasteiger partial charge in [0.15, 0.2) is 0 Å². The highest BCUT2D eigenvalue weighted by Gasteiger charge is 2.35. The van der Waals surface area contributed by atoms with Gasteiger partial charge < -0.3 is 4.57 Å². The van der Waals surface area contributed by atoms with Crippen molar-refractivity contribution >= 4 is 22.6 Å². The van der Waals surface area contributed by atoms with Crippen molar-refractivity contribution in [1.82, 2.24) is 9.55 Å². The van der Waals surface area contributed by atoms with Crippen molar-refractivity contribution < 1.29 is 8.78 Å². The van der Waals surface area contributed by atoms with Gasteiger partial charge >= 0.3 is 0 Å². The molecule has 0 aliphatic carbocycles. The van der Waals surface area contributed by atoms with Crippen LogP contribution in [0.1, 0.15) is 38.3 Å². The van der Waals surface area contributed by atoms with Crippen LogP contribution in [0.4, 0.5) is 8.78 Å². The monoisotopic (exact) mass is 399 g/mol. The van der Waals surface area contributed by atoms with Crippen molar-refractivity contribution in [2.75, 3.05) is 0 Å². The lowest BCUT2D eigenvalue weighted by Gasteiger charge is -2.23. The highest BCUT2D eigenvalue weighted by molar-refractivity contribution is 6.30. The Kier molecular flexibility index (Phi) is 5.03. The summed E-state index contributed by atoms with van der Waals surface area (Å²) in [4.78, 5) is 4.65. The first-order chi connectivity index (χ1) is 13.1. The van der Waals surface area contributed by atoms with Crippen molar-refractivity contribution in [1.29, 1.82) is 5.26 Å². The molecule has 144 valence electrons. The predicted molar refractivity (Wildman–Crippen MR) is 109 cm³/mol. The molecule has 1 aromatic carbocycles. The van der Waals surface area contributed by atoms with Crippen molar-refractivity contribution in [3.8, 4) is 17.3 Å². The van der Waals surface area contributed by atoms with Gasteiger partial charge in [-0.3, -0.25) is 0 Å². The molecule has 0 N–H and O–H groups in total. The van der Waals surface area contributed by atoms with Gasteiger partial charge in [-0.2, -0.15) is 5.26 Å². The molecular weight excluding hydrogens is 380 g/mol. The molecule has 0 spiro atoms. The number of nitriles is 1. The van der Waals surface area contributed by atoms with Gasteiger partial charge in [-0.25, -0.2) is 13.8 Å². The largest absolute Gasteiger partial charge is 0.326 e. The quantitative estimate of drug-likeness (QED) is 0.461. The van der Waals surface area contributed by atoms with E-state index >= 15 is 8.78 Å². The summed E-state index contributed by atoms with van der Waals surface area (Å²) in [5.41, 5.74) is 0.943. The molecular formula is C22H20ClF2N3. The van der Waals surface area contributed by atoms with Crippen LogP contribution in [0.5, 0.6) is 0 Å². The molecule has 0 atom stereocenters. The summed E-state index contributed by atoms with van der Waals surface area (Å²) < 4.78 is 31.8. The maximum Gasteiger partial charge on any atom is 0.277 e. The lowest BCUT2D eigenvalue weighted by molar-refractivity contribution is 0.000701. The first-order valence-electron chi connectivity index (χ1n) is 8.80. The summed E-state index contributed by atoms with van der Waals surface area (Å²) in [6.07, 6.45) is 2.25. The van der Waals surface area contributed by atoms with E-state index in [1.807, 2.05) is 26.8 Å². The maximum absolute atomic E-state index is 15.0. The van der Waals surface area contributed by atoms with Crippen LogP contribution in [0.15, 0.2) is 49.2 Å². The predicted octanol–water partition coefficient (Wildman–Crippen LogP) is 6.65. The minimum Gasteiger partial charge on any atom is -0.326 e. The molecule has 0 saturated carbocycles. The van der Waals surface area contributed by atoms with Crippen LogP contribution in [0.25, 0.3) is 22.3 Å². The van der Waals surface area contributed by atoms with Crippen molar-refractivity contribution in [3.05, 3.63) is 65.3 Å². The number of halogens is 3. The summed E-state index contributed by atoms with van der Waals surface area (Å²) in [7, 11) is 0. The molecule has 0 amide bonds. The van der Waals surface area contributed by atoms with Crippen LogP contribution >= 0.6 is 11.6 Å². The number of nitrogens with zero attached hydrogens (tertiary/aromatic N) is 3. The lowest BCUT2D eigenvalue weighted by atomic mass is 9.98. The van der Waals surface area contributed by atoms with E-state index in [-0.39, 0.29) is 16.5 Å². The van der Waals surface area contributed by atoms with Crippen LogP contribution in [0, 0.1) is 11.3 Å². The summed E-state index contributed by atoms with van der Waals surface area (Å²) >= 11 is 5.95. The van der Waals surface area contributed by atoms with E-state index in [2.05, 4.69) is 11.6 Å². The number of hydrogen-bond acceptors (Lipinski definition) is 2. The van der Waals surface area contributed by atoms with Crippen LogP contribution in [0.2, 0.25) is 5.02 Å². The fraction of sp³-hybridized carbons (Fsp3) is 0.273. The molecule has 0 aliphatic heterocycles. The first-order valence-corrected chi connectivity index (χ1v) is 9.18. The zero-order valence-electron chi connectivity index (χ0n) is 15.9. The van der Waals surface area contributed by atoms with Gasteiger partial charge in [0, 0.05) is 39.7 Å². The molecule has 3 aromatic rings. The van der Waals surface area contributed by atoms with E-state index in [1.54, 1.807) is 35.0 Å². The fourth-order valence-corrected chi connectivity index (χ4v) is 3.30. The third kappa shape index (κ3) is 3.53. The number of pyridine rings is 1. The Labute approximate surface area is 167 Å². The number of alkyl halides is 2. The average Bonchev–Trinajstić information content (AvgIpc) is 3.00. The van der Waals surface area contributed by atoms with Crippen molar-refractivity contribution in [3.63, 3.8) is 0 Å². The topological polar surface area (TPSA) is 41.6 Å². The van der Waals surface area contributed by atoms with Crippen molar-refractivity contribution in [2.24, 2.45) is 0 Å². The molecule has 28 heavy (non-hydrogen) atoms. The minimum atomic E-state index is -3.18. The third-order valence-electron chi connectivity index (χ3n) is 4.53. The van der Waals surface area contributed by atoms with E-state index in [0.29, 0.717) is 21.9 Å². The molecule has 0 saturated heterocycles. The molecule has 0 aliphatic rings. The standard InChI is InChI=1S/C22H20ClF2N3/c1-5-10-22(24,25)17-11-18(14-6-8-16(23)9-7-14)27-20-19(17)15(12-26)13-28(20)21(2,3)4/h5-9,11,13H,1,10H2,2-4H3. The smallest absolute Gasteiger partial charge is 0.277 e. The highest BCUT2D eigenvalue weighted by Crippen LogP contribution is 2.41. The van der Waals surface area contributed by atoms with Gasteiger partial charge in [0.25, 0.3) is 5.92 Å². The molecule has 0 fully saturated rings. The van der Waals surface area contributed by atoms with Crippen LogP contribution in [0.3, 0.4) is 0 Å². The number of benzene rings is 1. The zero-order chi connectivity index (χ0) is 20.7. The van der Waals surface area contributed by atoms with Crippen LogP contribution in [-0.4, -0.2) is 9.55 Å².